The van der Waals surface area contributed by atoms with Gasteiger partial charge in [-0.15, -0.1) is 0 Å². The van der Waals surface area contributed by atoms with Crippen molar-refractivity contribution in [2.75, 3.05) is 18.9 Å². The van der Waals surface area contributed by atoms with Gasteiger partial charge in [0, 0.05) is 6.54 Å². The number of hydrogen-bond acceptors (Lipinski definition) is 3. The number of hydrogen-bond donors (Lipinski definition) is 1. The normalized spacial score (nSPS) is 26.3. The third-order valence-corrected chi connectivity index (χ3v) is 4.03. The zero-order chi connectivity index (χ0) is 13.4. The van der Waals surface area contributed by atoms with Crippen LogP contribution in [0.5, 0.6) is 0 Å². The molecule has 1 aromatic rings. The summed E-state index contributed by atoms with van der Waals surface area (Å²) in [4.78, 5) is 14.3. The van der Waals surface area contributed by atoms with Gasteiger partial charge in [0.1, 0.15) is 5.82 Å². The first-order chi connectivity index (χ1) is 9.18. The summed E-state index contributed by atoms with van der Waals surface area (Å²) < 4.78 is 19.1. The highest BCUT2D eigenvalue weighted by Gasteiger charge is 2.39. The van der Waals surface area contributed by atoms with E-state index < -0.39 is 5.82 Å². The van der Waals surface area contributed by atoms with E-state index in [0.717, 1.165) is 19.3 Å². The van der Waals surface area contributed by atoms with E-state index >= 15 is 0 Å². The number of carbonyl (C=O) groups excluding carboxylic acids is 1. The molecular weight excluding hydrogens is 247 g/mol. The van der Waals surface area contributed by atoms with Crippen LogP contribution >= 0.6 is 0 Å². The molecule has 2 aliphatic rings. The second-order valence-electron chi connectivity index (χ2n) is 5.11. The fraction of sp³-hybridized carbons (Fsp3) is 0.500. The molecule has 2 unspecified atom stereocenters. The smallest absolute Gasteiger partial charge is 0.256 e. The lowest BCUT2D eigenvalue weighted by Gasteiger charge is -2.37. The minimum Gasteiger partial charge on any atom is -0.396 e. The first kappa shape index (κ1) is 12.4. The number of morpholine rings is 1. The first-order valence-electron chi connectivity index (χ1n) is 6.65. The van der Waals surface area contributed by atoms with Crippen molar-refractivity contribution in [2.24, 2.45) is 0 Å². The van der Waals surface area contributed by atoms with Crippen molar-refractivity contribution < 1.29 is 13.9 Å². The van der Waals surface area contributed by atoms with E-state index in [-0.39, 0.29) is 29.3 Å². The molecule has 5 heteroatoms. The fourth-order valence-corrected chi connectivity index (χ4v) is 3.06. The second kappa shape index (κ2) is 4.81. The molecule has 1 saturated heterocycles. The molecule has 0 radical (unpaired) electrons. The fourth-order valence-electron chi connectivity index (χ4n) is 3.06. The number of carbonyl (C=O) groups is 1. The quantitative estimate of drug-likeness (QED) is 0.787. The number of para-hydroxylation sites is 1. The predicted molar refractivity (Wildman–Crippen MR) is 69.2 cm³/mol. The Bertz CT molecular complexity index is 506. The van der Waals surface area contributed by atoms with Crippen molar-refractivity contribution in [3.63, 3.8) is 0 Å². The van der Waals surface area contributed by atoms with E-state index in [1.807, 2.05) is 0 Å². The first-order valence-corrected chi connectivity index (χ1v) is 6.65. The van der Waals surface area contributed by atoms with E-state index in [4.69, 9.17) is 10.5 Å². The average Bonchev–Trinajstić information content (AvgIpc) is 2.89. The summed E-state index contributed by atoms with van der Waals surface area (Å²) >= 11 is 0. The van der Waals surface area contributed by atoms with Crippen molar-refractivity contribution in [3.8, 4) is 0 Å². The van der Waals surface area contributed by atoms with Gasteiger partial charge in [-0.3, -0.25) is 4.79 Å². The lowest BCUT2D eigenvalue weighted by Crippen LogP contribution is -2.51. The average molecular weight is 264 g/mol. The Labute approximate surface area is 111 Å². The number of nitrogens with two attached hydrogens (primary N) is 1. The number of fused-ring (bicyclic) bond motifs is 1. The third kappa shape index (κ3) is 2.08. The summed E-state index contributed by atoms with van der Waals surface area (Å²) in [6.07, 6.45) is 3.14. The molecule has 0 bridgehead atoms. The van der Waals surface area contributed by atoms with Crippen LogP contribution in [0.4, 0.5) is 10.1 Å². The SMILES string of the molecule is Nc1c(F)cccc1C(=O)N1CCOC2CCCC21. The number of ether oxygens (including phenoxy) is 1. The van der Waals surface area contributed by atoms with Crippen molar-refractivity contribution in [1.82, 2.24) is 4.90 Å². The third-order valence-electron chi connectivity index (χ3n) is 4.03. The van der Waals surface area contributed by atoms with Crippen molar-refractivity contribution in [2.45, 2.75) is 31.4 Å². The van der Waals surface area contributed by atoms with Gasteiger partial charge in [-0.25, -0.2) is 4.39 Å². The Morgan fingerprint density at radius 2 is 2.26 bits per heavy atom. The van der Waals surface area contributed by atoms with Crippen LogP contribution in [0.25, 0.3) is 0 Å². The molecule has 1 aliphatic heterocycles. The number of anilines is 1. The van der Waals surface area contributed by atoms with Gasteiger partial charge in [0.05, 0.1) is 30.0 Å². The molecule has 1 heterocycles. The number of nitrogen functional groups attached to an aromatic ring is 1. The topological polar surface area (TPSA) is 55.6 Å². The number of rotatable bonds is 1. The van der Waals surface area contributed by atoms with Crippen molar-refractivity contribution >= 4 is 11.6 Å². The summed E-state index contributed by atoms with van der Waals surface area (Å²) in [5.41, 5.74) is 5.87. The molecule has 102 valence electrons. The van der Waals surface area contributed by atoms with Crippen LogP contribution in [0.3, 0.4) is 0 Å². The molecule has 0 spiro atoms. The number of amides is 1. The Morgan fingerprint density at radius 3 is 3.11 bits per heavy atom. The summed E-state index contributed by atoms with van der Waals surface area (Å²) in [5.74, 6) is -0.723. The van der Waals surface area contributed by atoms with Crippen LogP contribution < -0.4 is 5.73 Å². The van der Waals surface area contributed by atoms with Gasteiger partial charge in [0.25, 0.3) is 5.91 Å². The zero-order valence-corrected chi connectivity index (χ0v) is 10.6. The number of nitrogens with zero attached hydrogens (tertiary/aromatic N) is 1. The summed E-state index contributed by atoms with van der Waals surface area (Å²) in [5, 5.41) is 0. The molecule has 1 amide bonds. The molecule has 4 nitrogen and oxygen atoms in total. The Hall–Kier alpha value is -1.62. The van der Waals surface area contributed by atoms with E-state index in [2.05, 4.69) is 0 Å². The molecule has 2 N–H and O–H groups in total. The highest BCUT2D eigenvalue weighted by atomic mass is 19.1. The number of halogens is 1. The highest BCUT2D eigenvalue weighted by Crippen LogP contribution is 2.31. The maximum absolute atomic E-state index is 13.5. The van der Waals surface area contributed by atoms with Crippen LogP contribution in [-0.2, 0) is 4.74 Å². The van der Waals surface area contributed by atoms with E-state index in [1.165, 1.54) is 12.1 Å². The summed E-state index contributed by atoms with van der Waals surface area (Å²) in [6.45, 7) is 1.10. The largest absolute Gasteiger partial charge is 0.396 e. The molecule has 1 aromatic carbocycles. The second-order valence-corrected chi connectivity index (χ2v) is 5.11. The minimum absolute atomic E-state index is 0.0615. The molecule has 2 fully saturated rings. The van der Waals surface area contributed by atoms with Gasteiger partial charge in [-0.2, -0.15) is 0 Å². The van der Waals surface area contributed by atoms with Crippen molar-refractivity contribution in [1.29, 1.82) is 0 Å². The van der Waals surface area contributed by atoms with Gasteiger partial charge in [-0.05, 0) is 31.4 Å². The summed E-state index contributed by atoms with van der Waals surface area (Å²) in [6, 6.07) is 4.49. The van der Waals surface area contributed by atoms with Crippen LogP contribution in [0, 0.1) is 5.82 Å². The molecule has 1 aliphatic carbocycles. The lowest BCUT2D eigenvalue weighted by atomic mass is 10.1. The monoisotopic (exact) mass is 264 g/mol. The minimum atomic E-state index is -0.540. The van der Waals surface area contributed by atoms with Crippen LogP contribution in [0.1, 0.15) is 29.6 Å². The zero-order valence-electron chi connectivity index (χ0n) is 10.6. The highest BCUT2D eigenvalue weighted by molar-refractivity contribution is 5.99. The molecule has 19 heavy (non-hydrogen) atoms. The van der Waals surface area contributed by atoms with Crippen molar-refractivity contribution in [3.05, 3.63) is 29.6 Å². The Kier molecular flexibility index (Phi) is 3.14. The van der Waals surface area contributed by atoms with E-state index in [0.29, 0.717) is 13.2 Å². The van der Waals surface area contributed by atoms with E-state index in [9.17, 15) is 9.18 Å². The summed E-state index contributed by atoms with van der Waals surface area (Å²) in [7, 11) is 0. The maximum Gasteiger partial charge on any atom is 0.256 e. The van der Waals surface area contributed by atoms with Gasteiger partial charge in [0.2, 0.25) is 0 Å². The van der Waals surface area contributed by atoms with Gasteiger partial charge in [0.15, 0.2) is 0 Å². The lowest BCUT2D eigenvalue weighted by molar-refractivity contribution is -0.0445. The standard InChI is InChI=1S/C14H17FN2O2/c15-10-4-1-3-9(13(10)16)14(18)17-7-8-19-12-6-2-5-11(12)17/h1,3-4,11-12H,2,5-8,16H2. The van der Waals surface area contributed by atoms with E-state index in [1.54, 1.807) is 11.0 Å². The molecular formula is C14H17FN2O2. The molecule has 3 rings (SSSR count). The molecule has 0 aromatic heterocycles. The Balaban J connectivity index is 1.88. The number of benzene rings is 1. The van der Waals surface area contributed by atoms with Crippen LogP contribution in [0.2, 0.25) is 0 Å². The Morgan fingerprint density at radius 1 is 1.42 bits per heavy atom. The van der Waals surface area contributed by atoms with Gasteiger partial charge in [-0.1, -0.05) is 6.07 Å². The maximum atomic E-state index is 13.5. The molecule has 1 saturated carbocycles. The van der Waals surface area contributed by atoms with Crippen LogP contribution in [-0.4, -0.2) is 36.1 Å². The predicted octanol–water partition coefficient (Wildman–Crippen LogP) is 1.80. The van der Waals surface area contributed by atoms with Gasteiger partial charge >= 0.3 is 0 Å². The van der Waals surface area contributed by atoms with Crippen LogP contribution in [0.15, 0.2) is 18.2 Å². The van der Waals surface area contributed by atoms with Gasteiger partial charge < -0.3 is 15.4 Å². The molecule has 2 atom stereocenters.